The van der Waals surface area contributed by atoms with E-state index in [1.165, 1.54) is 50.2 Å². The summed E-state index contributed by atoms with van der Waals surface area (Å²) in [6.07, 6.45) is 1.90. The fraction of sp³-hybridized carbons (Fsp3) is 0.513. The van der Waals surface area contributed by atoms with Gasteiger partial charge in [-0.05, 0) is 72.2 Å². The van der Waals surface area contributed by atoms with Crippen LogP contribution in [0.4, 0.5) is 11.4 Å². The highest BCUT2D eigenvalue weighted by molar-refractivity contribution is 5.68. The number of anilines is 2. The fourth-order valence-corrected chi connectivity index (χ4v) is 7.13. The van der Waals surface area contributed by atoms with Gasteiger partial charge in [-0.2, -0.15) is 0 Å². The molecule has 0 aliphatic carbocycles. The van der Waals surface area contributed by atoms with Crippen LogP contribution in [-0.4, -0.2) is 70.6 Å². The zero-order chi connectivity index (χ0) is 32.1. The number of ether oxygens (including phenoxy) is 3. The highest BCUT2D eigenvalue weighted by Crippen LogP contribution is 2.40. The Balaban J connectivity index is 1.24. The summed E-state index contributed by atoms with van der Waals surface area (Å²) in [7, 11) is 0. The second kappa shape index (κ2) is 12.2. The molecule has 3 heterocycles. The van der Waals surface area contributed by atoms with Crippen molar-refractivity contribution in [2.75, 3.05) is 55.8 Å². The van der Waals surface area contributed by atoms with Crippen molar-refractivity contribution >= 4 is 17.7 Å². The number of hydrogen-bond donors (Lipinski definition) is 0. The number of aldehydes is 1. The minimum atomic E-state index is -0.180. The van der Waals surface area contributed by atoms with Crippen LogP contribution in [0.3, 0.4) is 0 Å². The van der Waals surface area contributed by atoms with E-state index in [0.717, 1.165) is 51.4 Å². The highest BCUT2D eigenvalue weighted by Gasteiger charge is 2.34. The molecule has 0 bridgehead atoms. The zero-order valence-corrected chi connectivity index (χ0v) is 28.4. The molecule has 3 fully saturated rings. The van der Waals surface area contributed by atoms with Gasteiger partial charge in [-0.3, -0.25) is 0 Å². The molecule has 3 saturated heterocycles. The summed E-state index contributed by atoms with van der Waals surface area (Å²) < 4.78 is 16.6. The predicted octanol–water partition coefficient (Wildman–Crippen LogP) is 6.58. The van der Waals surface area contributed by atoms with Crippen LogP contribution in [0.1, 0.15) is 72.2 Å². The third-order valence-corrected chi connectivity index (χ3v) is 10.2. The standard InChI is InChI=1S/C39H50N2O4/c1-25-15-31(16-26(2)36(25)40(13-14-42)19-33-22-43-33)38(5,6)29-9-11-30(12-10-29)39(7,8)32-17-27(3)37(28(4)18-32)41(20-34-23-44-34)21-35-24-45-35/h9-12,14-18,33-35H,13,19-24H2,1-8H3. The zero-order valence-electron chi connectivity index (χ0n) is 28.4. The maximum Gasteiger partial charge on any atom is 0.139 e. The van der Waals surface area contributed by atoms with Crippen LogP contribution < -0.4 is 9.80 Å². The first-order chi connectivity index (χ1) is 21.4. The maximum atomic E-state index is 11.5. The van der Waals surface area contributed by atoms with E-state index in [-0.39, 0.29) is 16.9 Å². The van der Waals surface area contributed by atoms with Crippen LogP contribution in [0.5, 0.6) is 0 Å². The molecule has 0 N–H and O–H groups in total. The minimum absolute atomic E-state index is 0.150. The Morgan fingerprint density at radius 1 is 0.600 bits per heavy atom. The number of carbonyl (C=O) groups is 1. The molecule has 240 valence electrons. The van der Waals surface area contributed by atoms with Gasteiger partial charge in [0.15, 0.2) is 0 Å². The Morgan fingerprint density at radius 3 is 1.22 bits per heavy atom. The Bertz CT molecular complexity index is 1490. The average molecular weight is 611 g/mol. The van der Waals surface area contributed by atoms with Crippen molar-refractivity contribution in [2.24, 2.45) is 0 Å². The quantitative estimate of drug-likeness (QED) is 0.152. The molecular formula is C39H50N2O4. The Morgan fingerprint density at radius 2 is 0.911 bits per heavy atom. The molecule has 3 aromatic rings. The van der Waals surface area contributed by atoms with Crippen molar-refractivity contribution < 1.29 is 19.0 Å². The summed E-state index contributed by atoms with van der Waals surface area (Å²) in [5.74, 6) is 0. The molecule has 0 radical (unpaired) electrons. The molecule has 0 spiro atoms. The van der Waals surface area contributed by atoms with Crippen LogP contribution >= 0.6 is 0 Å². The van der Waals surface area contributed by atoms with Gasteiger partial charge in [-0.1, -0.05) is 76.2 Å². The molecule has 6 rings (SSSR count). The molecule has 3 unspecified atom stereocenters. The summed E-state index contributed by atoms with van der Waals surface area (Å²) in [4.78, 5) is 16.1. The van der Waals surface area contributed by atoms with Gasteiger partial charge in [0.1, 0.15) is 6.29 Å². The summed E-state index contributed by atoms with van der Waals surface area (Å²) >= 11 is 0. The first-order valence-corrected chi connectivity index (χ1v) is 16.5. The molecule has 0 amide bonds. The van der Waals surface area contributed by atoms with Gasteiger partial charge >= 0.3 is 0 Å². The smallest absolute Gasteiger partial charge is 0.139 e. The first kappa shape index (κ1) is 31.8. The average Bonchev–Trinajstić information content (AvgIpc) is 3.81. The normalized spacial score (nSPS) is 20.6. The van der Waals surface area contributed by atoms with Crippen molar-refractivity contribution in [3.63, 3.8) is 0 Å². The number of rotatable bonds is 14. The molecule has 3 aliphatic heterocycles. The van der Waals surface area contributed by atoms with Gasteiger partial charge in [-0.15, -0.1) is 0 Å². The molecule has 0 saturated carbocycles. The molecule has 45 heavy (non-hydrogen) atoms. The number of carbonyl (C=O) groups excluding carboxylic acids is 1. The molecule has 6 heteroatoms. The lowest BCUT2D eigenvalue weighted by Gasteiger charge is -2.33. The van der Waals surface area contributed by atoms with Crippen molar-refractivity contribution in [1.82, 2.24) is 0 Å². The monoisotopic (exact) mass is 610 g/mol. The largest absolute Gasteiger partial charge is 0.371 e. The number of epoxide rings is 3. The van der Waals surface area contributed by atoms with E-state index in [4.69, 9.17) is 14.2 Å². The van der Waals surface area contributed by atoms with E-state index in [2.05, 4.69) is 114 Å². The van der Waals surface area contributed by atoms with E-state index < -0.39 is 0 Å². The second-order valence-corrected chi connectivity index (χ2v) is 14.6. The van der Waals surface area contributed by atoms with Crippen LogP contribution in [0.15, 0.2) is 48.5 Å². The summed E-state index contributed by atoms with van der Waals surface area (Å²) in [6.45, 7) is 23.6. The predicted molar refractivity (Wildman–Crippen MR) is 182 cm³/mol. The number of nitrogens with zero attached hydrogens (tertiary/aromatic N) is 2. The third-order valence-electron chi connectivity index (χ3n) is 10.2. The summed E-state index contributed by atoms with van der Waals surface area (Å²) in [6, 6.07) is 18.6. The van der Waals surface area contributed by atoms with Crippen molar-refractivity contribution in [2.45, 2.75) is 84.5 Å². The lowest BCUT2D eigenvalue weighted by Crippen LogP contribution is -2.33. The molecule has 3 aromatic carbocycles. The lowest BCUT2D eigenvalue weighted by atomic mass is 9.73. The maximum absolute atomic E-state index is 11.5. The van der Waals surface area contributed by atoms with E-state index in [1.54, 1.807) is 0 Å². The van der Waals surface area contributed by atoms with Crippen molar-refractivity contribution in [3.05, 3.63) is 93.0 Å². The molecule has 3 atom stereocenters. The van der Waals surface area contributed by atoms with Crippen LogP contribution in [0.2, 0.25) is 0 Å². The van der Waals surface area contributed by atoms with Crippen LogP contribution in [-0.2, 0) is 29.8 Å². The van der Waals surface area contributed by atoms with Gasteiger partial charge in [-0.25, -0.2) is 0 Å². The molecule has 6 nitrogen and oxygen atoms in total. The Labute approximate surface area is 269 Å². The number of aryl methyl sites for hydroxylation is 4. The Hall–Kier alpha value is -3.19. The van der Waals surface area contributed by atoms with Crippen LogP contribution in [0.25, 0.3) is 0 Å². The molecule has 0 aromatic heterocycles. The highest BCUT2D eigenvalue weighted by atomic mass is 16.6. The van der Waals surface area contributed by atoms with E-state index in [9.17, 15) is 4.79 Å². The summed E-state index contributed by atoms with van der Waals surface area (Å²) in [5, 5.41) is 0. The van der Waals surface area contributed by atoms with Gasteiger partial charge in [0, 0.05) is 41.8 Å². The minimum Gasteiger partial charge on any atom is -0.371 e. The van der Waals surface area contributed by atoms with Gasteiger partial charge in [0.25, 0.3) is 0 Å². The van der Waals surface area contributed by atoms with Gasteiger partial charge < -0.3 is 28.8 Å². The van der Waals surface area contributed by atoms with Crippen molar-refractivity contribution in [3.8, 4) is 0 Å². The third kappa shape index (κ3) is 6.84. The summed E-state index contributed by atoms with van der Waals surface area (Å²) in [5.41, 5.74) is 12.3. The van der Waals surface area contributed by atoms with E-state index in [1.807, 2.05) is 0 Å². The van der Waals surface area contributed by atoms with Gasteiger partial charge in [0.2, 0.25) is 0 Å². The van der Waals surface area contributed by atoms with E-state index >= 15 is 0 Å². The molecule has 3 aliphatic rings. The lowest BCUT2D eigenvalue weighted by molar-refractivity contribution is -0.106. The Kier molecular flexibility index (Phi) is 8.62. The topological polar surface area (TPSA) is 61.1 Å². The van der Waals surface area contributed by atoms with Crippen molar-refractivity contribution in [1.29, 1.82) is 0 Å². The fourth-order valence-electron chi connectivity index (χ4n) is 7.13. The van der Waals surface area contributed by atoms with Crippen LogP contribution in [0, 0.1) is 27.7 Å². The van der Waals surface area contributed by atoms with Gasteiger partial charge in [0.05, 0.1) is 44.7 Å². The SMILES string of the molecule is Cc1cc(C(C)(C)c2ccc(C(C)(C)c3cc(C)c(N(CC4CO4)CC4CO4)c(C)c3)cc2)cc(C)c1N(CC=O)CC1CO1. The molecular weight excluding hydrogens is 560 g/mol. The number of hydrogen-bond acceptors (Lipinski definition) is 6. The first-order valence-electron chi connectivity index (χ1n) is 16.5. The second-order valence-electron chi connectivity index (χ2n) is 14.6. The van der Waals surface area contributed by atoms with E-state index in [0.29, 0.717) is 18.8 Å². The number of benzene rings is 3.